The van der Waals surface area contributed by atoms with Crippen LogP contribution in [0.25, 0.3) is 0 Å². The van der Waals surface area contributed by atoms with Gasteiger partial charge in [0.05, 0.1) is 12.7 Å². The third-order valence-corrected chi connectivity index (χ3v) is 3.97. The normalized spacial score (nSPS) is 16.5. The van der Waals surface area contributed by atoms with Crippen LogP contribution in [0.1, 0.15) is 47.8 Å². The summed E-state index contributed by atoms with van der Waals surface area (Å²) in [5, 5.41) is 7.08. The number of aromatic nitrogens is 3. The molecule has 1 N–H and O–H groups in total. The first-order valence-corrected chi connectivity index (χ1v) is 7.26. The fourth-order valence-corrected chi connectivity index (χ4v) is 2.80. The van der Waals surface area contributed by atoms with Crippen LogP contribution in [0.4, 0.5) is 0 Å². The molecule has 2 heterocycles. The van der Waals surface area contributed by atoms with Crippen LogP contribution < -0.4 is 10.1 Å². The van der Waals surface area contributed by atoms with Gasteiger partial charge >= 0.3 is 0 Å². The number of amides is 1. The Morgan fingerprint density at radius 1 is 1.36 bits per heavy atom. The Morgan fingerprint density at radius 3 is 2.68 bits per heavy atom. The van der Waals surface area contributed by atoms with Crippen LogP contribution in [-0.4, -0.2) is 28.1 Å². The molecule has 1 saturated carbocycles. The molecule has 0 unspecified atom stereocenters. The molecule has 0 aromatic carbocycles. The molecule has 0 atom stereocenters. The number of carbonyl (C=O) groups is 1. The maximum Gasteiger partial charge on any atom is 0.253 e. The number of hydrogen-bond acceptors (Lipinski definition) is 6. The second kappa shape index (κ2) is 5.75. The number of ether oxygens (including phenoxy) is 1. The van der Waals surface area contributed by atoms with Gasteiger partial charge in [0.25, 0.3) is 5.91 Å². The van der Waals surface area contributed by atoms with E-state index in [4.69, 9.17) is 9.26 Å². The van der Waals surface area contributed by atoms with Crippen molar-refractivity contribution in [3.05, 3.63) is 35.6 Å². The number of pyridine rings is 1. The van der Waals surface area contributed by atoms with Crippen LogP contribution in [0, 0.1) is 6.92 Å². The minimum atomic E-state index is -0.547. The SMILES string of the molecule is COc1ccc(C(=O)NC2(c3noc(C)n3)CCCC2)cn1. The number of rotatable bonds is 4. The highest BCUT2D eigenvalue weighted by Crippen LogP contribution is 2.37. The molecule has 2 aromatic rings. The molecular formula is C15H18N4O3. The van der Waals surface area contributed by atoms with Crippen LogP contribution in [0.15, 0.2) is 22.9 Å². The van der Waals surface area contributed by atoms with E-state index in [1.54, 1.807) is 19.1 Å². The summed E-state index contributed by atoms with van der Waals surface area (Å²) in [6, 6.07) is 3.35. The molecule has 7 nitrogen and oxygen atoms in total. The average molecular weight is 302 g/mol. The fraction of sp³-hybridized carbons (Fsp3) is 0.467. The van der Waals surface area contributed by atoms with Gasteiger partial charge in [0.15, 0.2) is 5.82 Å². The van der Waals surface area contributed by atoms with E-state index >= 15 is 0 Å². The first-order valence-electron chi connectivity index (χ1n) is 7.26. The molecule has 1 aliphatic rings. The van der Waals surface area contributed by atoms with E-state index in [1.165, 1.54) is 13.3 Å². The van der Waals surface area contributed by atoms with Crippen LogP contribution >= 0.6 is 0 Å². The second-order valence-corrected chi connectivity index (χ2v) is 5.47. The molecule has 1 fully saturated rings. The Labute approximate surface area is 128 Å². The Balaban J connectivity index is 1.83. The first kappa shape index (κ1) is 14.5. The predicted octanol–water partition coefficient (Wildman–Crippen LogP) is 1.98. The Bertz CT molecular complexity index is 660. The van der Waals surface area contributed by atoms with Crippen molar-refractivity contribution in [2.75, 3.05) is 7.11 Å². The molecule has 1 amide bonds. The lowest BCUT2D eigenvalue weighted by molar-refractivity contribution is 0.0891. The summed E-state index contributed by atoms with van der Waals surface area (Å²) < 4.78 is 10.1. The van der Waals surface area contributed by atoms with E-state index in [0.29, 0.717) is 23.2 Å². The largest absolute Gasteiger partial charge is 0.481 e. The molecular weight excluding hydrogens is 284 g/mol. The minimum Gasteiger partial charge on any atom is -0.481 e. The Morgan fingerprint density at radius 2 is 2.14 bits per heavy atom. The van der Waals surface area contributed by atoms with Crippen molar-refractivity contribution in [2.24, 2.45) is 0 Å². The molecule has 0 aliphatic heterocycles. The molecule has 22 heavy (non-hydrogen) atoms. The van der Waals surface area contributed by atoms with Crippen molar-refractivity contribution in [3.8, 4) is 5.88 Å². The van der Waals surface area contributed by atoms with Gasteiger partial charge in [0, 0.05) is 19.2 Å². The van der Waals surface area contributed by atoms with Gasteiger partial charge in [-0.1, -0.05) is 18.0 Å². The van der Waals surface area contributed by atoms with Gasteiger partial charge in [-0.25, -0.2) is 4.98 Å². The number of methoxy groups -OCH3 is 1. The Kier molecular flexibility index (Phi) is 3.79. The number of carbonyl (C=O) groups excluding carboxylic acids is 1. The maximum atomic E-state index is 12.5. The van der Waals surface area contributed by atoms with Gasteiger partial charge < -0.3 is 14.6 Å². The molecule has 0 bridgehead atoms. The topological polar surface area (TPSA) is 90.1 Å². The summed E-state index contributed by atoms with van der Waals surface area (Å²) in [6.07, 6.45) is 5.16. The van der Waals surface area contributed by atoms with Crippen molar-refractivity contribution in [2.45, 2.75) is 38.1 Å². The molecule has 0 radical (unpaired) electrons. The molecule has 116 valence electrons. The summed E-state index contributed by atoms with van der Waals surface area (Å²) >= 11 is 0. The van der Waals surface area contributed by atoms with Crippen LogP contribution in [0.2, 0.25) is 0 Å². The highest BCUT2D eigenvalue weighted by molar-refractivity contribution is 5.94. The van der Waals surface area contributed by atoms with Gasteiger partial charge in [0.2, 0.25) is 11.8 Å². The van der Waals surface area contributed by atoms with Crippen molar-refractivity contribution < 1.29 is 14.1 Å². The smallest absolute Gasteiger partial charge is 0.253 e. The first-order chi connectivity index (χ1) is 10.6. The molecule has 7 heteroatoms. The monoisotopic (exact) mass is 302 g/mol. The second-order valence-electron chi connectivity index (χ2n) is 5.47. The van der Waals surface area contributed by atoms with E-state index in [1.807, 2.05) is 0 Å². The summed E-state index contributed by atoms with van der Waals surface area (Å²) in [7, 11) is 1.54. The van der Waals surface area contributed by atoms with Gasteiger partial charge in [-0.2, -0.15) is 4.98 Å². The zero-order valence-electron chi connectivity index (χ0n) is 12.6. The lowest BCUT2D eigenvalue weighted by Gasteiger charge is -2.26. The number of nitrogens with zero attached hydrogens (tertiary/aromatic N) is 3. The highest BCUT2D eigenvalue weighted by atomic mass is 16.5. The summed E-state index contributed by atoms with van der Waals surface area (Å²) in [5.74, 6) is 1.33. The van der Waals surface area contributed by atoms with E-state index in [9.17, 15) is 4.79 Å². The molecule has 1 aliphatic carbocycles. The van der Waals surface area contributed by atoms with Crippen LogP contribution in [0.5, 0.6) is 5.88 Å². The zero-order valence-corrected chi connectivity index (χ0v) is 12.6. The summed E-state index contributed by atoms with van der Waals surface area (Å²) in [4.78, 5) is 20.9. The van der Waals surface area contributed by atoms with Gasteiger partial charge in [-0.15, -0.1) is 0 Å². The molecule has 3 rings (SSSR count). The summed E-state index contributed by atoms with van der Waals surface area (Å²) in [6.45, 7) is 1.74. The van der Waals surface area contributed by atoms with Crippen LogP contribution in [-0.2, 0) is 5.54 Å². The van der Waals surface area contributed by atoms with Crippen LogP contribution in [0.3, 0.4) is 0 Å². The van der Waals surface area contributed by atoms with E-state index in [2.05, 4.69) is 20.4 Å². The third-order valence-electron chi connectivity index (χ3n) is 3.97. The maximum absolute atomic E-state index is 12.5. The number of hydrogen-bond donors (Lipinski definition) is 1. The van der Waals surface area contributed by atoms with Crippen molar-refractivity contribution in [3.63, 3.8) is 0 Å². The fourth-order valence-electron chi connectivity index (χ4n) is 2.80. The predicted molar refractivity (Wildman–Crippen MR) is 77.4 cm³/mol. The minimum absolute atomic E-state index is 0.195. The Hall–Kier alpha value is -2.44. The lowest BCUT2D eigenvalue weighted by atomic mass is 9.96. The van der Waals surface area contributed by atoms with Crippen molar-refractivity contribution >= 4 is 5.91 Å². The lowest BCUT2D eigenvalue weighted by Crippen LogP contribution is -2.44. The zero-order chi connectivity index (χ0) is 15.6. The molecule has 0 spiro atoms. The van der Waals surface area contributed by atoms with E-state index in [0.717, 1.165) is 25.7 Å². The number of nitrogens with one attached hydrogen (secondary N) is 1. The standard InChI is InChI=1S/C15H18N4O3/c1-10-17-14(19-22-10)15(7-3-4-8-15)18-13(20)11-5-6-12(21-2)16-9-11/h5-6,9H,3-4,7-8H2,1-2H3,(H,18,20). The summed E-state index contributed by atoms with van der Waals surface area (Å²) in [5.41, 5.74) is -0.0679. The van der Waals surface area contributed by atoms with Crippen molar-refractivity contribution in [1.29, 1.82) is 0 Å². The molecule has 0 saturated heterocycles. The number of aryl methyl sites for hydroxylation is 1. The average Bonchev–Trinajstić information content (AvgIpc) is 3.17. The highest BCUT2D eigenvalue weighted by Gasteiger charge is 2.41. The van der Waals surface area contributed by atoms with E-state index in [-0.39, 0.29) is 5.91 Å². The van der Waals surface area contributed by atoms with Crippen molar-refractivity contribution in [1.82, 2.24) is 20.4 Å². The quantitative estimate of drug-likeness (QED) is 0.928. The van der Waals surface area contributed by atoms with Gasteiger partial charge in [-0.05, 0) is 18.9 Å². The van der Waals surface area contributed by atoms with Gasteiger partial charge in [0.1, 0.15) is 5.54 Å². The third kappa shape index (κ3) is 2.66. The van der Waals surface area contributed by atoms with Gasteiger partial charge in [-0.3, -0.25) is 4.79 Å². The molecule has 2 aromatic heterocycles. The van der Waals surface area contributed by atoms with E-state index < -0.39 is 5.54 Å².